The van der Waals surface area contributed by atoms with E-state index in [4.69, 9.17) is 0 Å². The molecule has 2 saturated carbocycles. The van der Waals surface area contributed by atoms with Gasteiger partial charge in [-0.3, -0.25) is 0 Å². The summed E-state index contributed by atoms with van der Waals surface area (Å²) in [6, 6.07) is 120. The largest absolute Gasteiger partial charge is 0.310 e. The summed E-state index contributed by atoms with van der Waals surface area (Å²) in [6.07, 6.45) is 13.1. The Kier molecular flexibility index (Phi) is 17.4. The number of benzene rings is 16. The van der Waals surface area contributed by atoms with E-state index in [0.29, 0.717) is 11.8 Å². The highest BCUT2D eigenvalue weighted by Crippen LogP contribution is 2.51. The van der Waals surface area contributed by atoms with Gasteiger partial charge in [0.05, 0.1) is 0 Å². The topological polar surface area (TPSA) is 13.0 Å². The molecule has 2 aliphatic rings. The quantitative estimate of drug-likeness (QED) is 0.101. The summed E-state index contributed by atoms with van der Waals surface area (Å²) in [4.78, 5) is 9.80. The second-order valence-corrected chi connectivity index (χ2v) is 33.2. The first-order chi connectivity index (χ1) is 54.2. The van der Waals surface area contributed by atoms with Crippen molar-refractivity contribution in [2.45, 2.75) is 104 Å². The molecule has 0 saturated heterocycles. The molecule has 0 N–H and O–H groups in total. The third kappa shape index (κ3) is 12.1. The molecule has 0 radical (unpaired) electrons. The molecule has 0 bridgehead atoms. The number of anilines is 12. The highest BCUT2D eigenvalue weighted by atomic mass is 32.1. The maximum atomic E-state index is 2.47. The van der Waals surface area contributed by atoms with Crippen LogP contribution in [0.15, 0.2) is 315 Å². The standard InChI is InChI=1S/C104H86N4S2/c1-67-20-14-17-29-93(67)107(94-30-18-15-21-68(94)2)87-51-55-91-79(65-87)41-60-99-103(91)104-92-56-52-88(66-80(92)42-61-100(104)110-99)108(95-31-19-16-22-69(95)3)96-57-38-76(62-70(96)4)75-36-47-84(48-37-75)106(83-45-34-74(35-46-83)72-25-10-6-11-26-72)86-50-54-90-78(64-86)40-59-98-102(90)101-89-53-49-85(63-77(89)39-58-97(101)109-98)105(81-27-12-7-13-28-81)82-43-32-73(33-44-82)71-23-8-5-9-24-71/h7,12-22,27-66,71-72H,5-6,8-11,23-26H2,1-4H3. The molecule has 0 unspecified atom stereocenters. The molecule has 0 amide bonds. The molecule has 16 aromatic carbocycles. The van der Waals surface area contributed by atoms with Gasteiger partial charge in [0.25, 0.3) is 0 Å². The first kappa shape index (κ1) is 67.5. The van der Waals surface area contributed by atoms with Crippen LogP contribution in [0, 0.1) is 27.7 Å². The van der Waals surface area contributed by atoms with E-state index in [1.165, 1.54) is 209 Å². The lowest BCUT2D eigenvalue weighted by Crippen LogP contribution is -2.12. The first-order valence-corrected chi connectivity index (χ1v) is 41.3. The van der Waals surface area contributed by atoms with Crippen LogP contribution in [0.1, 0.15) is 109 Å². The van der Waals surface area contributed by atoms with Gasteiger partial charge in [0.1, 0.15) is 0 Å². The van der Waals surface area contributed by atoms with Crippen LogP contribution in [0.5, 0.6) is 0 Å². The summed E-state index contributed by atoms with van der Waals surface area (Å²) >= 11 is 3.79. The molecule has 2 aliphatic carbocycles. The average Bonchev–Trinajstić information content (AvgIpc) is 1.55. The van der Waals surface area contributed by atoms with Gasteiger partial charge in [-0.05, 0) is 304 Å². The van der Waals surface area contributed by atoms with Crippen LogP contribution in [0.25, 0.3) is 94.6 Å². The molecule has 4 nitrogen and oxygen atoms in total. The molecule has 2 aromatic heterocycles. The zero-order valence-electron chi connectivity index (χ0n) is 62.9. The Bertz CT molecular complexity index is 6510. The molecule has 0 spiro atoms. The normalized spacial score (nSPS) is 13.7. The van der Waals surface area contributed by atoms with Crippen molar-refractivity contribution >= 4 is 174 Å². The lowest BCUT2D eigenvalue weighted by molar-refractivity contribution is 0.443. The van der Waals surface area contributed by atoms with Crippen molar-refractivity contribution in [3.05, 3.63) is 349 Å². The SMILES string of the molecule is Cc1ccccc1N(c1ccc2c(ccc3sc4ccc5cc(N(c6ccccc6C)c6ccc(-c7ccc(N(c8ccc(C9CCCCC9)cc8)c8ccc9c(ccc%10sc%11ccc%12cc(N(c%13ccccc%13)c%13ccc(C%14CCCCC%14)cc%13)ccc%12c%11c%109)c8)cc7)cc6C)ccc5c4c32)c1)c1ccccc1C. The lowest BCUT2D eigenvalue weighted by Gasteiger charge is -2.29. The van der Waals surface area contributed by atoms with Crippen molar-refractivity contribution in [3.8, 4) is 11.1 Å². The minimum absolute atomic E-state index is 0.623. The number of aryl methyl sites for hydroxylation is 4. The highest BCUT2D eigenvalue weighted by molar-refractivity contribution is 7.26. The maximum absolute atomic E-state index is 2.47. The Morgan fingerprint density at radius 2 is 0.527 bits per heavy atom. The van der Waals surface area contributed by atoms with Crippen molar-refractivity contribution in [1.82, 2.24) is 0 Å². The van der Waals surface area contributed by atoms with Crippen LogP contribution in [0.2, 0.25) is 0 Å². The van der Waals surface area contributed by atoms with Crippen LogP contribution >= 0.6 is 22.7 Å². The predicted molar refractivity (Wildman–Crippen MR) is 477 cm³/mol. The monoisotopic (exact) mass is 1450 g/mol. The summed E-state index contributed by atoms with van der Waals surface area (Å²) in [5.74, 6) is 1.29. The number of hydrogen-bond donors (Lipinski definition) is 0. The zero-order chi connectivity index (χ0) is 73.5. The molecule has 110 heavy (non-hydrogen) atoms. The van der Waals surface area contributed by atoms with Gasteiger partial charge in [-0.15, -0.1) is 22.7 Å². The van der Waals surface area contributed by atoms with Gasteiger partial charge in [0, 0.05) is 109 Å². The van der Waals surface area contributed by atoms with Crippen molar-refractivity contribution < 1.29 is 0 Å². The fourth-order valence-electron chi connectivity index (χ4n) is 18.6. The second-order valence-electron chi connectivity index (χ2n) is 31.0. The fraction of sp³-hybridized carbons (Fsp3) is 0.154. The van der Waals surface area contributed by atoms with Gasteiger partial charge >= 0.3 is 0 Å². The van der Waals surface area contributed by atoms with Crippen LogP contribution in [0.4, 0.5) is 68.2 Å². The van der Waals surface area contributed by atoms with Crippen molar-refractivity contribution in [2.24, 2.45) is 0 Å². The van der Waals surface area contributed by atoms with Gasteiger partial charge < -0.3 is 19.6 Å². The first-order valence-electron chi connectivity index (χ1n) is 39.6. The van der Waals surface area contributed by atoms with Crippen molar-refractivity contribution in [1.29, 1.82) is 0 Å². The van der Waals surface area contributed by atoms with Crippen molar-refractivity contribution in [3.63, 3.8) is 0 Å². The molecule has 2 fully saturated rings. The van der Waals surface area contributed by atoms with Gasteiger partial charge in [-0.1, -0.05) is 202 Å². The van der Waals surface area contributed by atoms with E-state index < -0.39 is 0 Å². The number of hydrogen-bond acceptors (Lipinski definition) is 6. The lowest BCUT2D eigenvalue weighted by atomic mass is 9.84. The predicted octanol–water partition coefficient (Wildman–Crippen LogP) is 31.9. The van der Waals surface area contributed by atoms with Crippen LogP contribution in [-0.4, -0.2) is 0 Å². The van der Waals surface area contributed by atoms with E-state index in [2.05, 4.69) is 363 Å². The van der Waals surface area contributed by atoms with E-state index >= 15 is 0 Å². The summed E-state index contributed by atoms with van der Waals surface area (Å²) in [7, 11) is 0. The van der Waals surface area contributed by atoms with Gasteiger partial charge in [-0.2, -0.15) is 0 Å². The van der Waals surface area contributed by atoms with Crippen molar-refractivity contribution in [2.75, 3.05) is 19.6 Å². The third-order valence-corrected chi connectivity index (χ3v) is 26.5. The van der Waals surface area contributed by atoms with Crippen LogP contribution < -0.4 is 19.6 Å². The highest BCUT2D eigenvalue weighted by Gasteiger charge is 2.26. The Morgan fingerprint density at radius 1 is 0.227 bits per heavy atom. The van der Waals surface area contributed by atoms with E-state index in [0.717, 1.165) is 51.2 Å². The zero-order valence-corrected chi connectivity index (χ0v) is 64.5. The second kappa shape index (κ2) is 28.3. The summed E-state index contributed by atoms with van der Waals surface area (Å²) in [5.41, 5.74) is 24.1. The average molecular weight is 1460 g/mol. The molecule has 0 atom stereocenters. The minimum Gasteiger partial charge on any atom is -0.310 e. The van der Waals surface area contributed by atoms with Gasteiger partial charge in [0.15, 0.2) is 0 Å². The molecular formula is C104H86N4S2. The summed E-state index contributed by atoms with van der Waals surface area (Å²) in [5, 5.41) is 15.3. The van der Waals surface area contributed by atoms with E-state index in [1.54, 1.807) is 0 Å². The van der Waals surface area contributed by atoms with E-state index in [-0.39, 0.29) is 0 Å². The Hall–Kier alpha value is -11.8. The molecule has 2 heterocycles. The van der Waals surface area contributed by atoms with Gasteiger partial charge in [-0.25, -0.2) is 0 Å². The number of nitrogens with zero attached hydrogens (tertiary/aromatic N) is 4. The van der Waals surface area contributed by atoms with Gasteiger partial charge in [0.2, 0.25) is 0 Å². The molecule has 6 heteroatoms. The fourth-order valence-corrected chi connectivity index (χ4v) is 20.9. The number of thiophene rings is 2. The number of fused-ring (bicyclic) bond motifs is 14. The Morgan fingerprint density at radius 3 is 0.882 bits per heavy atom. The van der Waals surface area contributed by atoms with Crippen LogP contribution in [-0.2, 0) is 0 Å². The molecule has 20 rings (SSSR count). The number of para-hydroxylation sites is 4. The maximum Gasteiger partial charge on any atom is 0.0491 e. The Balaban J connectivity index is 0.633. The summed E-state index contributed by atoms with van der Waals surface area (Å²) < 4.78 is 5.22. The van der Waals surface area contributed by atoms with Crippen LogP contribution in [0.3, 0.4) is 0 Å². The third-order valence-electron chi connectivity index (χ3n) is 24.3. The van der Waals surface area contributed by atoms with E-state index in [1.807, 2.05) is 22.7 Å². The smallest absolute Gasteiger partial charge is 0.0491 e. The Labute approximate surface area is 653 Å². The summed E-state index contributed by atoms with van der Waals surface area (Å²) in [6.45, 7) is 8.93. The number of rotatable bonds is 15. The molecule has 0 aliphatic heterocycles. The van der Waals surface area contributed by atoms with E-state index in [9.17, 15) is 0 Å². The molecular weight excluding hydrogens is 1370 g/mol. The molecule has 18 aromatic rings. The minimum atomic E-state index is 0.623. The molecule has 534 valence electrons.